The van der Waals surface area contributed by atoms with E-state index in [1.165, 1.54) is 15.0 Å². The van der Waals surface area contributed by atoms with Gasteiger partial charge in [-0.3, -0.25) is 9.69 Å². The number of aliphatic carboxylic acids is 1. The van der Waals surface area contributed by atoms with Crippen molar-refractivity contribution in [2.75, 3.05) is 19.7 Å². The van der Waals surface area contributed by atoms with Crippen molar-refractivity contribution in [3.05, 3.63) is 94.9 Å². The molecular formula is C30H31NO4S. The molecule has 5 rings (SSSR count). The molecule has 186 valence electrons. The van der Waals surface area contributed by atoms with Gasteiger partial charge in [0.15, 0.2) is 11.5 Å². The summed E-state index contributed by atoms with van der Waals surface area (Å²) in [6.45, 7) is 4.36. The van der Waals surface area contributed by atoms with Gasteiger partial charge in [-0.15, -0.1) is 11.3 Å². The predicted octanol–water partition coefficient (Wildman–Crippen LogP) is 6.77. The van der Waals surface area contributed by atoms with Crippen LogP contribution in [0.25, 0.3) is 10.1 Å². The molecule has 36 heavy (non-hydrogen) atoms. The zero-order valence-corrected chi connectivity index (χ0v) is 21.2. The molecule has 1 aliphatic rings. The summed E-state index contributed by atoms with van der Waals surface area (Å²) in [5, 5.41) is 10.9. The zero-order valence-electron chi connectivity index (χ0n) is 20.4. The van der Waals surface area contributed by atoms with Crippen LogP contribution < -0.4 is 9.47 Å². The largest absolute Gasteiger partial charge is 0.490 e. The highest BCUT2D eigenvalue weighted by Crippen LogP contribution is 2.41. The molecule has 2 unspecified atom stereocenters. The highest BCUT2D eigenvalue weighted by Gasteiger charge is 2.32. The summed E-state index contributed by atoms with van der Waals surface area (Å²) >= 11 is 1.77. The second-order valence-corrected chi connectivity index (χ2v) is 10.3. The Balaban J connectivity index is 1.51. The number of carboxylic acids is 1. The van der Waals surface area contributed by atoms with Crippen LogP contribution in [0.3, 0.4) is 0 Å². The van der Waals surface area contributed by atoms with E-state index in [0.29, 0.717) is 31.3 Å². The first kappa shape index (κ1) is 24.3. The van der Waals surface area contributed by atoms with E-state index in [2.05, 4.69) is 47.4 Å². The fourth-order valence-corrected chi connectivity index (χ4v) is 6.18. The molecule has 0 spiro atoms. The monoisotopic (exact) mass is 501 g/mol. The van der Waals surface area contributed by atoms with Crippen molar-refractivity contribution >= 4 is 27.4 Å². The number of hydrogen-bond acceptors (Lipinski definition) is 5. The van der Waals surface area contributed by atoms with Crippen LogP contribution in [0.15, 0.2) is 78.9 Å². The van der Waals surface area contributed by atoms with Gasteiger partial charge in [0.05, 0.1) is 18.6 Å². The molecule has 4 aromatic rings. The van der Waals surface area contributed by atoms with Crippen molar-refractivity contribution in [1.82, 2.24) is 4.90 Å². The number of benzene rings is 3. The summed E-state index contributed by atoms with van der Waals surface area (Å²) in [6, 6.07) is 26.8. The SMILES string of the molecule is CCOc1cc(C(c2cc3ccccc3s2)N2CCCC(C(=O)O)C2)ccc1OCc1ccccc1. The molecule has 1 aromatic heterocycles. The minimum atomic E-state index is -0.713. The average Bonchev–Trinajstić information content (AvgIpc) is 3.33. The number of ether oxygens (including phenoxy) is 2. The molecule has 1 N–H and O–H groups in total. The highest BCUT2D eigenvalue weighted by atomic mass is 32.1. The standard InChI is InChI=1S/C30H31NO4S/c1-2-34-26-17-23(14-15-25(26)35-20-21-9-4-3-5-10-21)29(31-16-8-12-24(19-31)30(32)33)28-18-22-11-6-7-13-27(22)36-28/h3-7,9-11,13-15,17-18,24,29H,2,8,12,16,19-20H2,1H3,(H,32,33). The van der Waals surface area contributed by atoms with Crippen LogP contribution in [0.2, 0.25) is 0 Å². The number of thiophene rings is 1. The average molecular weight is 502 g/mol. The first-order valence-corrected chi connectivity index (χ1v) is 13.3. The molecule has 3 aromatic carbocycles. The smallest absolute Gasteiger partial charge is 0.307 e. The molecule has 0 bridgehead atoms. The van der Waals surface area contributed by atoms with Gasteiger partial charge < -0.3 is 14.6 Å². The third-order valence-corrected chi connectivity index (χ3v) is 7.87. The van der Waals surface area contributed by atoms with E-state index in [9.17, 15) is 9.90 Å². The second kappa shape index (κ2) is 11.1. The Kier molecular flexibility index (Phi) is 7.54. The van der Waals surface area contributed by atoms with E-state index in [1.807, 2.05) is 43.3 Å². The molecule has 1 fully saturated rings. The van der Waals surface area contributed by atoms with E-state index in [4.69, 9.17) is 9.47 Å². The highest BCUT2D eigenvalue weighted by molar-refractivity contribution is 7.19. The molecule has 1 aliphatic heterocycles. The summed E-state index contributed by atoms with van der Waals surface area (Å²) in [7, 11) is 0. The number of fused-ring (bicyclic) bond motifs is 1. The fraction of sp³-hybridized carbons (Fsp3) is 0.300. The van der Waals surface area contributed by atoms with Crippen molar-refractivity contribution in [3.8, 4) is 11.5 Å². The summed E-state index contributed by atoms with van der Waals surface area (Å²) in [4.78, 5) is 15.4. The van der Waals surface area contributed by atoms with Gasteiger partial charge in [-0.1, -0.05) is 54.6 Å². The number of piperidine rings is 1. The van der Waals surface area contributed by atoms with E-state index < -0.39 is 5.97 Å². The predicted molar refractivity (Wildman–Crippen MR) is 144 cm³/mol. The number of likely N-dealkylation sites (tertiary alicyclic amines) is 1. The maximum absolute atomic E-state index is 11.8. The van der Waals surface area contributed by atoms with E-state index in [-0.39, 0.29) is 12.0 Å². The Labute approximate surface area is 215 Å². The quantitative estimate of drug-likeness (QED) is 0.274. The van der Waals surface area contributed by atoms with Crippen LogP contribution in [0.4, 0.5) is 0 Å². The molecule has 0 aliphatic carbocycles. The lowest BCUT2D eigenvalue weighted by molar-refractivity contribution is -0.143. The number of rotatable bonds is 9. The second-order valence-electron chi connectivity index (χ2n) is 9.17. The van der Waals surface area contributed by atoms with Crippen LogP contribution in [-0.2, 0) is 11.4 Å². The van der Waals surface area contributed by atoms with Crippen LogP contribution in [0.1, 0.15) is 41.8 Å². The molecule has 2 heterocycles. The minimum absolute atomic E-state index is 0.0491. The summed E-state index contributed by atoms with van der Waals surface area (Å²) in [5.41, 5.74) is 2.18. The Hall–Kier alpha value is -3.35. The molecule has 2 atom stereocenters. The van der Waals surface area contributed by atoms with Crippen molar-refractivity contribution in [3.63, 3.8) is 0 Å². The normalized spacial score (nSPS) is 17.1. The van der Waals surface area contributed by atoms with Crippen LogP contribution in [0, 0.1) is 5.92 Å². The van der Waals surface area contributed by atoms with Gasteiger partial charge in [0.25, 0.3) is 0 Å². The molecule has 5 nitrogen and oxygen atoms in total. The molecule has 0 amide bonds. The topological polar surface area (TPSA) is 59.0 Å². The van der Waals surface area contributed by atoms with Crippen molar-refractivity contribution in [2.24, 2.45) is 5.92 Å². The van der Waals surface area contributed by atoms with Gasteiger partial charge in [0, 0.05) is 16.1 Å². The van der Waals surface area contributed by atoms with Crippen LogP contribution in [-0.4, -0.2) is 35.7 Å². The van der Waals surface area contributed by atoms with Crippen molar-refractivity contribution < 1.29 is 19.4 Å². The van der Waals surface area contributed by atoms with E-state index >= 15 is 0 Å². The lowest BCUT2D eigenvalue weighted by Gasteiger charge is -2.37. The van der Waals surface area contributed by atoms with Crippen LogP contribution in [0.5, 0.6) is 11.5 Å². The fourth-order valence-electron chi connectivity index (χ4n) is 4.95. The summed E-state index contributed by atoms with van der Waals surface area (Å²) in [5.74, 6) is 0.357. The number of hydrogen-bond donors (Lipinski definition) is 1. The van der Waals surface area contributed by atoms with Gasteiger partial charge in [-0.25, -0.2) is 0 Å². The first-order valence-electron chi connectivity index (χ1n) is 12.5. The van der Waals surface area contributed by atoms with Crippen molar-refractivity contribution in [2.45, 2.75) is 32.4 Å². The van der Waals surface area contributed by atoms with E-state index in [1.54, 1.807) is 11.3 Å². The molecule has 1 saturated heterocycles. The summed E-state index contributed by atoms with van der Waals surface area (Å²) < 4.78 is 13.4. The van der Waals surface area contributed by atoms with Gasteiger partial charge in [-0.2, -0.15) is 0 Å². The molecular weight excluding hydrogens is 470 g/mol. The number of carbonyl (C=O) groups is 1. The molecule has 0 radical (unpaired) electrons. The Morgan fingerprint density at radius 2 is 1.83 bits per heavy atom. The zero-order chi connectivity index (χ0) is 24.9. The number of nitrogens with zero attached hydrogens (tertiary/aromatic N) is 1. The molecule has 0 saturated carbocycles. The Morgan fingerprint density at radius 3 is 2.61 bits per heavy atom. The third kappa shape index (κ3) is 5.40. The van der Waals surface area contributed by atoms with Gasteiger partial charge >= 0.3 is 5.97 Å². The summed E-state index contributed by atoms with van der Waals surface area (Å²) in [6.07, 6.45) is 1.59. The molecule has 6 heteroatoms. The van der Waals surface area contributed by atoms with Crippen molar-refractivity contribution in [1.29, 1.82) is 0 Å². The Bertz CT molecular complexity index is 1290. The lowest BCUT2D eigenvalue weighted by atomic mass is 9.94. The van der Waals surface area contributed by atoms with Gasteiger partial charge in [-0.05, 0) is 67.1 Å². The lowest BCUT2D eigenvalue weighted by Crippen LogP contribution is -2.41. The van der Waals surface area contributed by atoms with Crippen LogP contribution >= 0.6 is 11.3 Å². The first-order chi connectivity index (χ1) is 17.6. The Morgan fingerprint density at radius 1 is 1.03 bits per heavy atom. The maximum Gasteiger partial charge on any atom is 0.307 e. The van der Waals surface area contributed by atoms with Gasteiger partial charge in [0.2, 0.25) is 0 Å². The van der Waals surface area contributed by atoms with Gasteiger partial charge in [0.1, 0.15) is 6.61 Å². The third-order valence-electron chi connectivity index (χ3n) is 6.70. The van der Waals surface area contributed by atoms with E-state index in [0.717, 1.165) is 30.5 Å². The maximum atomic E-state index is 11.8. The number of carboxylic acid groups (broad SMARTS) is 1. The minimum Gasteiger partial charge on any atom is -0.490 e.